The molecule has 0 aromatic carbocycles. The van der Waals surface area contributed by atoms with E-state index < -0.39 is 25.1 Å². The second kappa shape index (κ2) is 8.80. The molecule has 10 nitrogen and oxygen atoms in total. The Morgan fingerprint density at radius 3 is 2.68 bits per heavy atom. The Balaban J connectivity index is 1.78. The van der Waals surface area contributed by atoms with Crippen molar-refractivity contribution in [1.82, 2.24) is 25.1 Å². The summed E-state index contributed by atoms with van der Waals surface area (Å²) in [5, 5.41) is 11.4. The van der Waals surface area contributed by atoms with Crippen LogP contribution in [0.4, 0.5) is 30.5 Å². The molecule has 0 saturated heterocycles. The molecule has 34 heavy (non-hydrogen) atoms. The quantitative estimate of drug-likeness (QED) is 0.474. The van der Waals surface area contributed by atoms with Gasteiger partial charge in [-0.3, -0.25) is 9.59 Å². The Labute approximate surface area is 196 Å². The average Bonchev–Trinajstić information content (AvgIpc) is 3.56. The van der Waals surface area contributed by atoms with E-state index in [0.717, 1.165) is 30.6 Å². The Hall–Kier alpha value is -3.90. The first-order valence-electron chi connectivity index (χ1n) is 11.7. The molecule has 13 heteroatoms. The zero-order chi connectivity index (χ0) is 27.1. The topological polar surface area (TPSA) is 123 Å². The first kappa shape index (κ1) is 19.6. The lowest BCUT2D eigenvalue weighted by atomic mass is 10.2. The van der Waals surface area contributed by atoms with Gasteiger partial charge in [0.05, 0.1) is 24.6 Å². The first-order chi connectivity index (χ1) is 17.3. The van der Waals surface area contributed by atoms with Crippen LogP contribution >= 0.6 is 0 Å². The molecule has 4 rings (SSSR count). The fourth-order valence-electron chi connectivity index (χ4n) is 3.30. The molecule has 0 unspecified atom stereocenters. The molecule has 3 aromatic heterocycles. The van der Waals surface area contributed by atoms with E-state index in [1.54, 1.807) is 0 Å². The number of hydrogen-bond acceptors (Lipinski definition) is 7. The third kappa shape index (κ3) is 4.45. The smallest absolute Gasteiger partial charge is 0.410 e. The number of aromatic nitrogens is 4. The normalized spacial score (nSPS) is 16.2. The Morgan fingerprint density at radius 2 is 2.03 bits per heavy atom. The molecule has 0 aliphatic heterocycles. The predicted molar refractivity (Wildman–Crippen MR) is 117 cm³/mol. The summed E-state index contributed by atoms with van der Waals surface area (Å²) >= 11 is 0. The van der Waals surface area contributed by atoms with Gasteiger partial charge in [0, 0.05) is 40.9 Å². The SMILES string of the molecule is [2H]C([2H])([2H])NC(=O)c1cnc(NC(=O)C2CC2)cc1Nc1ncc2cnn([C@@H](C)C(F)(F)F)c2c1OC. The molecule has 0 spiro atoms. The number of anilines is 3. The second-order valence-corrected chi connectivity index (χ2v) is 7.71. The van der Waals surface area contributed by atoms with Crippen LogP contribution < -0.4 is 20.7 Å². The van der Waals surface area contributed by atoms with Crippen molar-refractivity contribution in [2.24, 2.45) is 5.92 Å². The molecule has 180 valence electrons. The van der Waals surface area contributed by atoms with Crippen molar-refractivity contribution in [3.63, 3.8) is 0 Å². The number of carbonyl (C=O) groups is 2. The molecule has 0 bridgehead atoms. The van der Waals surface area contributed by atoms with E-state index in [0.29, 0.717) is 0 Å². The summed E-state index contributed by atoms with van der Waals surface area (Å²) in [6.07, 6.45) is 0.423. The van der Waals surface area contributed by atoms with Crippen LogP contribution in [0.25, 0.3) is 10.9 Å². The van der Waals surface area contributed by atoms with Gasteiger partial charge in [0.1, 0.15) is 17.4 Å². The Morgan fingerprint density at radius 1 is 1.26 bits per heavy atom. The number of nitrogens with zero attached hydrogens (tertiary/aromatic N) is 4. The van der Waals surface area contributed by atoms with Gasteiger partial charge >= 0.3 is 6.18 Å². The third-order valence-electron chi connectivity index (χ3n) is 5.35. The lowest BCUT2D eigenvalue weighted by molar-refractivity contribution is -0.164. The van der Waals surface area contributed by atoms with Crippen molar-refractivity contribution in [1.29, 1.82) is 0 Å². The number of fused-ring (bicyclic) bond motifs is 1. The molecule has 2 amide bonds. The van der Waals surface area contributed by atoms with Gasteiger partial charge in [-0.25, -0.2) is 14.6 Å². The summed E-state index contributed by atoms with van der Waals surface area (Å²) in [4.78, 5) is 33.1. The molecule has 1 atom stereocenters. The molecule has 0 radical (unpaired) electrons. The number of ether oxygens (including phenoxy) is 1. The molecule has 3 aromatic rings. The lowest BCUT2D eigenvalue weighted by Gasteiger charge is -2.19. The molecular formula is C21H22F3N7O3. The first-order valence-corrected chi connectivity index (χ1v) is 10.2. The van der Waals surface area contributed by atoms with Gasteiger partial charge < -0.3 is 20.7 Å². The maximum absolute atomic E-state index is 13.4. The highest BCUT2D eigenvalue weighted by Crippen LogP contribution is 2.39. The van der Waals surface area contributed by atoms with Crippen LogP contribution in [-0.4, -0.2) is 51.8 Å². The van der Waals surface area contributed by atoms with Crippen LogP contribution in [0, 0.1) is 5.92 Å². The van der Waals surface area contributed by atoms with E-state index in [4.69, 9.17) is 8.85 Å². The van der Waals surface area contributed by atoms with E-state index in [9.17, 15) is 22.8 Å². The highest BCUT2D eigenvalue weighted by molar-refractivity contribution is 6.02. The van der Waals surface area contributed by atoms with E-state index in [2.05, 4.69) is 25.7 Å². The number of methoxy groups -OCH3 is 1. The van der Waals surface area contributed by atoms with Crippen molar-refractivity contribution < 1.29 is 31.6 Å². The maximum atomic E-state index is 13.4. The minimum Gasteiger partial charge on any atom is -0.491 e. The van der Waals surface area contributed by atoms with Crippen LogP contribution in [0.15, 0.2) is 24.7 Å². The summed E-state index contributed by atoms with van der Waals surface area (Å²) in [5.74, 6) is -1.53. The number of nitrogens with one attached hydrogen (secondary N) is 3. The molecule has 1 fully saturated rings. The number of rotatable bonds is 7. The minimum absolute atomic E-state index is 0.00497. The van der Waals surface area contributed by atoms with Crippen LogP contribution in [0.3, 0.4) is 0 Å². The van der Waals surface area contributed by atoms with Crippen LogP contribution in [-0.2, 0) is 4.79 Å². The van der Waals surface area contributed by atoms with Crippen molar-refractivity contribution in [2.45, 2.75) is 32.0 Å². The molecule has 1 aliphatic rings. The Kier molecular flexibility index (Phi) is 5.06. The van der Waals surface area contributed by atoms with E-state index >= 15 is 0 Å². The van der Waals surface area contributed by atoms with E-state index in [1.165, 1.54) is 25.6 Å². The highest BCUT2D eigenvalue weighted by atomic mass is 19.4. The average molecular weight is 480 g/mol. The predicted octanol–water partition coefficient (Wildman–Crippen LogP) is 3.41. The highest BCUT2D eigenvalue weighted by Gasteiger charge is 2.39. The zero-order valence-corrected chi connectivity index (χ0v) is 18.0. The van der Waals surface area contributed by atoms with Gasteiger partial charge in [0.2, 0.25) is 5.91 Å². The maximum Gasteiger partial charge on any atom is 0.410 e. The number of hydrogen-bond donors (Lipinski definition) is 3. The number of halogens is 3. The van der Waals surface area contributed by atoms with Gasteiger partial charge in [-0.1, -0.05) is 0 Å². The van der Waals surface area contributed by atoms with Crippen LogP contribution in [0.2, 0.25) is 0 Å². The number of alkyl halides is 3. The molecule has 1 saturated carbocycles. The zero-order valence-electron chi connectivity index (χ0n) is 21.0. The summed E-state index contributed by atoms with van der Waals surface area (Å²) < 4.78 is 68.4. The van der Waals surface area contributed by atoms with Crippen LogP contribution in [0.5, 0.6) is 5.75 Å². The number of amides is 2. The van der Waals surface area contributed by atoms with Crippen molar-refractivity contribution >= 4 is 40.0 Å². The molecular weight excluding hydrogens is 455 g/mol. The largest absolute Gasteiger partial charge is 0.491 e. The van der Waals surface area contributed by atoms with Gasteiger partial charge in [0.15, 0.2) is 11.6 Å². The minimum atomic E-state index is -4.60. The molecule has 3 N–H and O–H groups in total. The molecule has 3 heterocycles. The van der Waals surface area contributed by atoms with Crippen molar-refractivity contribution in [2.75, 3.05) is 24.7 Å². The number of pyridine rings is 2. The molecule has 1 aliphatic carbocycles. The van der Waals surface area contributed by atoms with Gasteiger partial charge in [-0.2, -0.15) is 18.3 Å². The standard InChI is InChI=1S/C21H22F3N7O3/c1-10(21(22,23)24)31-16-12(8-28-31)7-27-18(17(16)34-3)29-14-6-15(30-19(32)11-4-5-11)26-9-13(14)20(33)25-2/h6-11H,4-5H2,1-3H3,(H,25,33)(H2,26,27,29,30,32)/t10-/m0/s1/i2D3. The van der Waals surface area contributed by atoms with E-state index in [-0.39, 0.29) is 51.4 Å². The number of carbonyl (C=O) groups excluding carboxylic acids is 2. The van der Waals surface area contributed by atoms with Crippen LogP contribution in [0.1, 0.15) is 40.3 Å². The summed E-state index contributed by atoms with van der Waals surface area (Å²) in [7, 11) is 1.23. The van der Waals surface area contributed by atoms with Gasteiger partial charge in [0.25, 0.3) is 5.91 Å². The summed E-state index contributed by atoms with van der Waals surface area (Å²) in [6.45, 7) is -1.86. The Bertz CT molecular complexity index is 1360. The third-order valence-corrected chi connectivity index (χ3v) is 5.35. The van der Waals surface area contributed by atoms with Gasteiger partial charge in [-0.15, -0.1) is 0 Å². The van der Waals surface area contributed by atoms with Gasteiger partial charge in [-0.05, 0) is 19.8 Å². The van der Waals surface area contributed by atoms with Crippen molar-refractivity contribution in [3.8, 4) is 5.75 Å². The summed E-state index contributed by atoms with van der Waals surface area (Å²) in [5.41, 5.74) is -0.251. The fraction of sp³-hybridized carbons (Fsp3) is 0.381. The summed E-state index contributed by atoms with van der Waals surface area (Å²) in [6, 6.07) is -0.699. The lowest BCUT2D eigenvalue weighted by Crippen LogP contribution is -2.24. The van der Waals surface area contributed by atoms with Crippen molar-refractivity contribution in [3.05, 3.63) is 30.2 Å². The second-order valence-electron chi connectivity index (χ2n) is 7.71. The van der Waals surface area contributed by atoms with E-state index in [1.807, 2.05) is 5.32 Å². The monoisotopic (exact) mass is 480 g/mol. The fourth-order valence-corrected chi connectivity index (χ4v) is 3.30.